The molecule has 1 atom stereocenters. The van der Waals surface area contributed by atoms with Crippen molar-refractivity contribution in [3.63, 3.8) is 0 Å². The topological polar surface area (TPSA) is 51.9 Å². The minimum atomic E-state index is -0.200. The molecule has 1 aromatic rings. The summed E-state index contributed by atoms with van der Waals surface area (Å²) in [6.07, 6.45) is 6.15. The molecule has 29 heavy (non-hydrogen) atoms. The Kier molecular flexibility index (Phi) is 6.00. The highest BCUT2D eigenvalue weighted by atomic mass is 32.1. The van der Waals surface area contributed by atoms with Crippen LogP contribution in [0.15, 0.2) is 29.3 Å². The molecule has 2 aliphatic heterocycles. The van der Waals surface area contributed by atoms with Crippen LogP contribution in [-0.2, 0) is 4.74 Å². The number of aliphatic imine (C=N–C) groups is 1. The molecule has 0 N–H and O–H groups in total. The van der Waals surface area contributed by atoms with Crippen LogP contribution in [0.4, 0.5) is 5.69 Å². The number of anilines is 1. The van der Waals surface area contributed by atoms with E-state index < -0.39 is 0 Å². The first-order valence-corrected chi connectivity index (χ1v) is 11.2. The number of rotatable bonds is 3. The molecule has 5 nitrogen and oxygen atoms in total. The number of thiocarbonyl (C=S) groups is 1. The minimum absolute atomic E-state index is 0.150. The standard InChI is InChI=1S/C23H30N4OS/c1-23(2)20(26-12-14-28-15-13-26)21(25-18-6-4-3-5-7-18)27(22(23)29)19-10-8-17(16-24)9-11-19/h8-11,18,20H,3-7,12-15H2,1-2H3. The average Bonchev–Trinajstić information content (AvgIpc) is 2.94. The first-order chi connectivity index (χ1) is 14.0. The third-order valence-electron chi connectivity index (χ3n) is 6.47. The van der Waals surface area contributed by atoms with Crippen molar-refractivity contribution in [3.05, 3.63) is 29.8 Å². The summed E-state index contributed by atoms with van der Waals surface area (Å²) < 4.78 is 5.62. The lowest BCUT2D eigenvalue weighted by atomic mass is 9.85. The third kappa shape index (κ3) is 3.96. The highest BCUT2D eigenvalue weighted by Gasteiger charge is 2.52. The molecule has 4 rings (SSSR count). The smallest absolute Gasteiger partial charge is 0.127 e. The number of nitriles is 1. The van der Waals surface area contributed by atoms with Crippen LogP contribution >= 0.6 is 12.2 Å². The van der Waals surface area contributed by atoms with Gasteiger partial charge in [-0.2, -0.15) is 5.26 Å². The van der Waals surface area contributed by atoms with Crippen molar-refractivity contribution in [2.24, 2.45) is 10.4 Å². The normalized spacial score (nSPS) is 27.3. The number of benzene rings is 1. The summed E-state index contributed by atoms with van der Waals surface area (Å²) in [5, 5.41) is 9.18. The van der Waals surface area contributed by atoms with E-state index in [9.17, 15) is 5.26 Å². The third-order valence-corrected chi connectivity index (χ3v) is 7.18. The molecule has 0 radical (unpaired) electrons. The van der Waals surface area contributed by atoms with Crippen molar-refractivity contribution in [2.75, 3.05) is 31.2 Å². The fourth-order valence-corrected chi connectivity index (χ4v) is 5.18. The maximum atomic E-state index is 9.18. The van der Waals surface area contributed by atoms with Crippen molar-refractivity contribution in [3.8, 4) is 6.07 Å². The molecule has 1 aromatic carbocycles. The van der Waals surface area contributed by atoms with E-state index >= 15 is 0 Å². The molecule has 2 heterocycles. The molecular weight excluding hydrogens is 380 g/mol. The first kappa shape index (κ1) is 20.5. The van der Waals surface area contributed by atoms with Crippen LogP contribution in [0.5, 0.6) is 0 Å². The molecule has 6 heteroatoms. The van der Waals surface area contributed by atoms with Crippen LogP contribution < -0.4 is 4.90 Å². The zero-order valence-corrected chi connectivity index (χ0v) is 18.2. The summed E-state index contributed by atoms with van der Waals surface area (Å²) in [7, 11) is 0. The lowest BCUT2D eigenvalue weighted by molar-refractivity contribution is 0.0172. The lowest BCUT2D eigenvalue weighted by Crippen LogP contribution is -2.52. The van der Waals surface area contributed by atoms with Crippen molar-refractivity contribution in [2.45, 2.75) is 58.0 Å². The van der Waals surface area contributed by atoms with Crippen LogP contribution in [0.25, 0.3) is 0 Å². The van der Waals surface area contributed by atoms with Gasteiger partial charge in [0.25, 0.3) is 0 Å². The highest BCUT2D eigenvalue weighted by Crippen LogP contribution is 2.41. The number of hydrogen-bond donors (Lipinski definition) is 0. The van der Waals surface area contributed by atoms with Gasteiger partial charge in [0.05, 0.1) is 41.9 Å². The van der Waals surface area contributed by atoms with E-state index in [-0.39, 0.29) is 11.5 Å². The van der Waals surface area contributed by atoms with E-state index in [1.807, 2.05) is 24.3 Å². The molecule has 0 aromatic heterocycles. The molecule has 0 spiro atoms. The Balaban J connectivity index is 1.77. The first-order valence-electron chi connectivity index (χ1n) is 10.8. The van der Waals surface area contributed by atoms with Gasteiger partial charge in [0.1, 0.15) is 5.84 Å². The largest absolute Gasteiger partial charge is 0.379 e. The van der Waals surface area contributed by atoms with Crippen LogP contribution in [0.2, 0.25) is 0 Å². The van der Waals surface area contributed by atoms with Gasteiger partial charge in [-0.1, -0.05) is 45.3 Å². The van der Waals surface area contributed by atoms with E-state index in [0.717, 1.165) is 55.7 Å². The second kappa shape index (κ2) is 8.51. The number of nitrogens with zero attached hydrogens (tertiary/aromatic N) is 4. The maximum absolute atomic E-state index is 9.18. The number of amidine groups is 1. The van der Waals surface area contributed by atoms with E-state index in [4.69, 9.17) is 21.9 Å². The molecule has 2 saturated heterocycles. The van der Waals surface area contributed by atoms with E-state index in [1.165, 1.54) is 19.3 Å². The molecule has 1 saturated carbocycles. The lowest BCUT2D eigenvalue weighted by Gasteiger charge is -2.38. The van der Waals surface area contributed by atoms with Gasteiger partial charge in [0.2, 0.25) is 0 Å². The Hall–Kier alpha value is -1.81. The van der Waals surface area contributed by atoms with Crippen molar-refractivity contribution in [1.29, 1.82) is 5.26 Å². The van der Waals surface area contributed by atoms with Crippen molar-refractivity contribution >= 4 is 28.7 Å². The molecular formula is C23H30N4OS. The predicted molar refractivity (Wildman–Crippen MR) is 121 cm³/mol. The second-order valence-electron chi connectivity index (χ2n) is 8.85. The van der Waals surface area contributed by atoms with Gasteiger partial charge >= 0.3 is 0 Å². The Morgan fingerprint density at radius 2 is 1.76 bits per heavy atom. The molecule has 3 fully saturated rings. The van der Waals surface area contributed by atoms with E-state index in [0.29, 0.717) is 11.6 Å². The fourth-order valence-electron chi connectivity index (χ4n) is 4.87. The monoisotopic (exact) mass is 410 g/mol. The van der Waals surface area contributed by atoms with Gasteiger partial charge in [-0.15, -0.1) is 0 Å². The highest BCUT2D eigenvalue weighted by molar-refractivity contribution is 7.80. The minimum Gasteiger partial charge on any atom is -0.379 e. The summed E-state index contributed by atoms with van der Waals surface area (Å²) in [6.45, 7) is 7.81. The van der Waals surface area contributed by atoms with Gasteiger partial charge in [0, 0.05) is 24.2 Å². The molecule has 0 amide bonds. The summed E-state index contributed by atoms with van der Waals surface area (Å²) in [5.74, 6) is 1.08. The summed E-state index contributed by atoms with van der Waals surface area (Å²) in [4.78, 5) is 10.9. The Bertz CT molecular complexity index is 814. The van der Waals surface area contributed by atoms with Gasteiger partial charge in [0.15, 0.2) is 0 Å². The van der Waals surface area contributed by atoms with Gasteiger partial charge < -0.3 is 4.74 Å². The number of ether oxygens (including phenoxy) is 1. The average molecular weight is 411 g/mol. The van der Waals surface area contributed by atoms with Crippen LogP contribution in [0, 0.1) is 16.7 Å². The second-order valence-corrected chi connectivity index (χ2v) is 9.24. The quantitative estimate of drug-likeness (QED) is 0.700. The van der Waals surface area contributed by atoms with Crippen molar-refractivity contribution in [1.82, 2.24) is 4.90 Å². The Morgan fingerprint density at radius 3 is 2.38 bits per heavy atom. The molecule has 1 aliphatic carbocycles. The molecule has 1 unspecified atom stereocenters. The molecule has 0 bridgehead atoms. The van der Waals surface area contributed by atoms with Crippen molar-refractivity contribution < 1.29 is 4.74 Å². The Morgan fingerprint density at radius 1 is 1.10 bits per heavy atom. The van der Waals surface area contributed by atoms with Gasteiger partial charge in [-0.3, -0.25) is 14.8 Å². The van der Waals surface area contributed by atoms with Crippen LogP contribution in [-0.4, -0.2) is 54.1 Å². The van der Waals surface area contributed by atoms with E-state index in [2.05, 4.69) is 29.7 Å². The number of morpholine rings is 1. The summed E-state index contributed by atoms with van der Waals surface area (Å²) in [6, 6.07) is 10.5. The fraction of sp³-hybridized carbons (Fsp3) is 0.609. The molecule has 3 aliphatic rings. The zero-order chi connectivity index (χ0) is 20.4. The van der Waals surface area contributed by atoms with Gasteiger partial charge in [-0.05, 0) is 37.1 Å². The zero-order valence-electron chi connectivity index (χ0n) is 17.4. The van der Waals surface area contributed by atoms with Crippen LogP contribution in [0.1, 0.15) is 51.5 Å². The molecule has 154 valence electrons. The summed E-state index contributed by atoms with van der Waals surface area (Å²) >= 11 is 6.03. The van der Waals surface area contributed by atoms with E-state index in [1.54, 1.807) is 0 Å². The van der Waals surface area contributed by atoms with Crippen LogP contribution in [0.3, 0.4) is 0 Å². The predicted octanol–water partition coefficient (Wildman–Crippen LogP) is 4.16. The maximum Gasteiger partial charge on any atom is 0.127 e. The van der Waals surface area contributed by atoms with Gasteiger partial charge in [-0.25, -0.2) is 0 Å². The Labute approximate surface area is 179 Å². The number of hydrogen-bond acceptors (Lipinski definition) is 5. The summed E-state index contributed by atoms with van der Waals surface area (Å²) in [5.41, 5.74) is 1.47. The SMILES string of the molecule is CC1(C)C(=S)N(c2ccc(C#N)cc2)C(=NC2CCCCC2)C1N1CCOCC1.